The van der Waals surface area contributed by atoms with Crippen LogP contribution in [-0.2, 0) is 9.59 Å². The average molecular weight is 257 g/mol. The van der Waals surface area contributed by atoms with Crippen LogP contribution in [-0.4, -0.2) is 39.9 Å². The summed E-state index contributed by atoms with van der Waals surface area (Å²) in [7, 11) is 0. The molecule has 0 amide bonds. The lowest BCUT2D eigenvalue weighted by Gasteiger charge is -2.30. The van der Waals surface area contributed by atoms with Crippen molar-refractivity contribution in [1.82, 2.24) is 0 Å². The van der Waals surface area contributed by atoms with E-state index in [1.165, 1.54) is 25.2 Å². The number of nitrogens with two attached hydrogens (primary N) is 1. The van der Waals surface area contributed by atoms with Crippen LogP contribution in [0.25, 0.3) is 0 Å². The first kappa shape index (κ1) is 16.3. The molecule has 2 atom stereocenters. The maximum absolute atomic E-state index is 10.9. The zero-order chi connectivity index (χ0) is 14.3. The second kappa shape index (κ2) is 6.93. The van der Waals surface area contributed by atoms with Crippen molar-refractivity contribution in [3.63, 3.8) is 0 Å². The van der Waals surface area contributed by atoms with Gasteiger partial charge in [0.1, 0.15) is 5.41 Å². The van der Waals surface area contributed by atoms with Gasteiger partial charge in [-0.1, -0.05) is 25.2 Å². The van der Waals surface area contributed by atoms with Crippen LogP contribution >= 0.6 is 0 Å². The number of aliphatic hydroxyl groups is 1. The molecule has 5 N–H and O–H groups in total. The summed E-state index contributed by atoms with van der Waals surface area (Å²) in [5.74, 6) is -2.32. The van der Waals surface area contributed by atoms with Crippen LogP contribution in [0.3, 0.4) is 0 Å². The predicted molar refractivity (Wildman–Crippen MR) is 66.0 cm³/mol. The Morgan fingerprint density at radius 1 is 1.44 bits per heavy atom. The Morgan fingerprint density at radius 3 is 2.28 bits per heavy atom. The lowest BCUT2D eigenvalue weighted by Crippen LogP contribution is -2.48. The molecule has 18 heavy (non-hydrogen) atoms. The van der Waals surface area contributed by atoms with Crippen molar-refractivity contribution < 1.29 is 24.9 Å². The molecular weight excluding hydrogens is 238 g/mol. The number of carboxylic acids is 2. The van der Waals surface area contributed by atoms with Gasteiger partial charge in [-0.3, -0.25) is 4.79 Å². The second-order valence-corrected chi connectivity index (χ2v) is 4.08. The number of hydrogen-bond donors (Lipinski definition) is 4. The van der Waals surface area contributed by atoms with Crippen molar-refractivity contribution in [1.29, 1.82) is 0 Å². The lowest BCUT2D eigenvalue weighted by molar-refractivity contribution is -0.146. The summed E-state index contributed by atoms with van der Waals surface area (Å²) in [4.78, 5) is 21.6. The summed E-state index contributed by atoms with van der Waals surface area (Å²) in [5.41, 5.74) is 4.15. The topological polar surface area (TPSA) is 121 Å². The third kappa shape index (κ3) is 3.68. The van der Waals surface area contributed by atoms with Crippen LogP contribution in [0.4, 0.5) is 0 Å². The molecule has 1 aliphatic carbocycles. The summed E-state index contributed by atoms with van der Waals surface area (Å²) >= 11 is 0. The van der Waals surface area contributed by atoms with E-state index in [4.69, 9.17) is 21.1 Å². The minimum atomic E-state index is -1.34. The Hall–Kier alpha value is -1.66. The minimum absolute atomic E-state index is 0.0857. The smallest absolute Gasteiger partial charge is 0.333 e. The van der Waals surface area contributed by atoms with Crippen LogP contribution in [0.15, 0.2) is 23.8 Å². The number of aliphatic hydroxyl groups excluding tert-OH is 1. The van der Waals surface area contributed by atoms with E-state index in [2.05, 4.69) is 0 Å². The molecule has 0 saturated carbocycles. The average Bonchev–Trinajstić information content (AvgIpc) is 2.32. The summed E-state index contributed by atoms with van der Waals surface area (Å²) in [6.07, 6.45) is 4.99. The van der Waals surface area contributed by atoms with Gasteiger partial charge in [0.25, 0.3) is 0 Å². The molecule has 0 saturated heterocycles. The molecule has 1 aliphatic rings. The predicted octanol–water partition coefficient (Wildman–Crippen LogP) is 0.374. The Labute approximate surface area is 105 Å². The summed E-state index contributed by atoms with van der Waals surface area (Å²) in [5, 5.41) is 25.5. The molecular formula is C12H19NO5. The van der Waals surface area contributed by atoms with Gasteiger partial charge in [-0.25, -0.2) is 4.79 Å². The van der Waals surface area contributed by atoms with Crippen LogP contribution < -0.4 is 5.73 Å². The number of allylic oxidation sites excluding steroid dienone is 2. The third-order valence-electron chi connectivity index (χ3n) is 2.63. The molecule has 1 rings (SSSR count). The van der Waals surface area contributed by atoms with Crippen molar-refractivity contribution in [2.75, 3.05) is 6.61 Å². The Morgan fingerprint density at radius 2 is 1.94 bits per heavy atom. The quantitative estimate of drug-likeness (QED) is 0.579. The van der Waals surface area contributed by atoms with Crippen LogP contribution in [0.1, 0.15) is 20.3 Å². The van der Waals surface area contributed by atoms with Gasteiger partial charge in [-0.05, 0) is 13.3 Å². The highest BCUT2D eigenvalue weighted by Crippen LogP contribution is 2.30. The number of carboxylic acid groups (broad SMARTS) is 2. The Bertz CT molecular complexity index is 373. The number of carbonyl (C=O) groups is 2. The van der Waals surface area contributed by atoms with Crippen LogP contribution in [0, 0.1) is 5.41 Å². The molecule has 0 bridgehead atoms. The molecule has 0 aromatic rings. The molecule has 0 spiro atoms. The van der Waals surface area contributed by atoms with Crippen molar-refractivity contribution in [2.45, 2.75) is 26.3 Å². The highest BCUT2D eigenvalue weighted by atomic mass is 16.4. The highest BCUT2D eigenvalue weighted by Gasteiger charge is 2.42. The van der Waals surface area contributed by atoms with Crippen LogP contribution in [0.2, 0.25) is 0 Å². The van der Waals surface area contributed by atoms with E-state index in [1.807, 2.05) is 6.92 Å². The number of aliphatic carboxylic acids is 2. The first-order valence-corrected chi connectivity index (χ1v) is 5.53. The molecule has 0 aliphatic heterocycles. The Balaban J connectivity index is 0.000000631. The molecule has 6 nitrogen and oxygen atoms in total. The van der Waals surface area contributed by atoms with E-state index < -0.39 is 23.4 Å². The van der Waals surface area contributed by atoms with Crippen molar-refractivity contribution in [2.24, 2.45) is 11.1 Å². The van der Waals surface area contributed by atoms with E-state index in [0.29, 0.717) is 6.61 Å². The number of hydrogen-bond acceptors (Lipinski definition) is 4. The molecule has 0 aromatic heterocycles. The first-order valence-electron chi connectivity index (χ1n) is 5.53. The highest BCUT2D eigenvalue weighted by molar-refractivity contribution is 5.92. The van der Waals surface area contributed by atoms with Crippen molar-refractivity contribution in [3.05, 3.63) is 23.8 Å². The first-order chi connectivity index (χ1) is 8.31. The Kier molecular flexibility index (Phi) is 6.29. The molecule has 6 heteroatoms. The van der Waals surface area contributed by atoms with Gasteiger partial charge in [-0.15, -0.1) is 0 Å². The fourth-order valence-electron chi connectivity index (χ4n) is 1.29. The molecule has 102 valence electrons. The van der Waals surface area contributed by atoms with Gasteiger partial charge >= 0.3 is 11.9 Å². The monoisotopic (exact) mass is 257 g/mol. The van der Waals surface area contributed by atoms with Gasteiger partial charge in [0, 0.05) is 6.61 Å². The molecule has 2 unspecified atom stereocenters. The fraction of sp³-hybridized carbons (Fsp3) is 0.500. The maximum Gasteiger partial charge on any atom is 0.333 e. The maximum atomic E-state index is 10.9. The zero-order valence-electron chi connectivity index (χ0n) is 10.5. The van der Waals surface area contributed by atoms with Gasteiger partial charge in [0.15, 0.2) is 0 Å². The van der Waals surface area contributed by atoms with Gasteiger partial charge in [0.2, 0.25) is 0 Å². The van der Waals surface area contributed by atoms with E-state index in [1.54, 1.807) is 0 Å². The molecule has 0 fully saturated rings. The van der Waals surface area contributed by atoms with Gasteiger partial charge in [0.05, 0.1) is 11.6 Å². The summed E-state index contributed by atoms with van der Waals surface area (Å²) < 4.78 is 0. The normalized spacial score (nSPS) is 25.8. The standard InChI is InChI=1S/C9H11NO4.C3H8O/c1-9(8(13)14)4-2-3-5(6(9)10)7(11)12;1-2-3-4/h2-4,6H,10H2,1H3,(H,11,12)(H,13,14);4H,2-3H2,1H3. The third-order valence-corrected chi connectivity index (χ3v) is 2.63. The molecule has 0 heterocycles. The van der Waals surface area contributed by atoms with E-state index in [9.17, 15) is 9.59 Å². The van der Waals surface area contributed by atoms with Gasteiger partial charge < -0.3 is 21.1 Å². The SMILES string of the molecule is CC1(C(=O)O)C=CC=C(C(=O)O)C1N.CCCO. The second-order valence-electron chi connectivity index (χ2n) is 4.08. The van der Waals surface area contributed by atoms with Crippen molar-refractivity contribution in [3.8, 4) is 0 Å². The number of rotatable bonds is 3. The van der Waals surface area contributed by atoms with E-state index >= 15 is 0 Å². The molecule has 0 aromatic carbocycles. The van der Waals surface area contributed by atoms with Gasteiger partial charge in [-0.2, -0.15) is 0 Å². The summed E-state index contributed by atoms with van der Waals surface area (Å²) in [6, 6.07) is -1.03. The summed E-state index contributed by atoms with van der Waals surface area (Å²) in [6.45, 7) is 3.65. The van der Waals surface area contributed by atoms with E-state index in [-0.39, 0.29) is 5.57 Å². The van der Waals surface area contributed by atoms with Crippen molar-refractivity contribution >= 4 is 11.9 Å². The minimum Gasteiger partial charge on any atom is -0.481 e. The zero-order valence-corrected chi connectivity index (χ0v) is 10.5. The van der Waals surface area contributed by atoms with E-state index in [0.717, 1.165) is 6.42 Å². The molecule has 0 radical (unpaired) electrons. The van der Waals surface area contributed by atoms with Crippen LogP contribution in [0.5, 0.6) is 0 Å². The lowest BCUT2D eigenvalue weighted by atomic mass is 9.76. The largest absolute Gasteiger partial charge is 0.481 e. The fourth-order valence-corrected chi connectivity index (χ4v) is 1.29.